The molecular formula is C13H15N3O4. The smallest absolute Gasteiger partial charge is 0.277 e. The fraction of sp³-hybridized carbons (Fsp3) is 0.385. The third kappa shape index (κ3) is 4.04. The number of nitro benzene ring substituents is 1. The first-order valence-electron chi connectivity index (χ1n) is 6.26. The maximum Gasteiger partial charge on any atom is 0.277 e. The van der Waals surface area contributed by atoms with Gasteiger partial charge in [0.05, 0.1) is 4.92 Å². The number of ether oxygens (including phenoxy) is 1. The zero-order chi connectivity index (χ0) is 14.5. The highest BCUT2D eigenvalue weighted by atomic mass is 16.6. The Hall–Kier alpha value is -2.44. The number of amides is 1. The number of hydrogen-bond donors (Lipinski definition) is 1. The molecule has 2 rings (SSSR count). The Morgan fingerprint density at radius 1 is 1.45 bits per heavy atom. The third-order valence-electron chi connectivity index (χ3n) is 2.94. The fourth-order valence-electron chi connectivity index (χ4n) is 1.59. The van der Waals surface area contributed by atoms with E-state index < -0.39 is 4.92 Å². The van der Waals surface area contributed by atoms with Crippen LogP contribution >= 0.6 is 0 Å². The number of nitrogens with zero attached hydrogens (tertiary/aromatic N) is 2. The quantitative estimate of drug-likeness (QED) is 0.488. The number of carbonyl (C=O) groups is 1. The van der Waals surface area contributed by atoms with Gasteiger partial charge in [0.1, 0.15) is 5.75 Å². The Bertz CT molecular complexity index is 535. The van der Waals surface area contributed by atoms with Gasteiger partial charge in [-0.05, 0) is 37.8 Å². The molecule has 0 atom stereocenters. The molecule has 0 radical (unpaired) electrons. The molecule has 0 bridgehead atoms. The lowest BCUT2D eigenvalue weighted by atomic mass is 10.3. The number of rotatable bonds is 6. The molecule has 1 fully saturated rings. The molecule has 0 aromatic heterocycles. The Morgan fingerprint density at radius 2 is 2.10 bits per heavy atom. The largest absolute Gasteiger partial charge is 0.484 e. The molecule has 1 aromatic carbocycles. The van der Waals surface area contributed by atoms with Gasteiger partial charge < -0.3 is 4.74 Å². The van der Waals surface area contributed by atoms with E-state index >= 15 is 0 Å². The number of nitrogens with one attached hydrogen (secondary N) is 1. The Kier molecular flexibility index (Phi) is 4.29. The molecular weight excluding hydrogens is 262 g/mol. The number of nitro groups is 1. The highest BCUT2D eigenvalue weighted by molar-refractivity contribution is 5.88. The van der Waals surface area contributed by atoms with Crippen molar-refractivity contribution in [2.24, 2.45) is 11.0 Å². The van der Waals surface area contributed by atoms with Crippen molar-refractivity contribution in [3.63, 3.8) is 0 Å². The van der Waals surface area contributed by atoms with Crippen molar-refractivity contribution in [1.29, 1.82) is 0 Å². The van der Waals surface area contributed by atoms with E-state index in [4.69, 9.17) is 4.74 Å². The first kappa shape index (κ1) is 14.0. The summed E-state index contributed by atoms with van der Waals surface area (Å²) in [4.78, 5) is 21.5. The molecule has 0 aliphatic heterocycles. The molecule has 1 aromatic rings. The molecule has 106 valence electrons. The van der Waals surface area contributed by atoms with E-state index in [1.807, 2.05) is 6.92 Å². The minimum Gasteiger partial charge on any atom is -0.484 e. The molecule has 20 heavy (non-hydrogen) atoms. The summed E-state index contributed by atoms with van der Waals surface area (Å²) in [5.74, 6) is 0.544. The van der Waals surface area contributed by atoms with Crippen LogP contribution in [0.2, 0.25) is 0 Å². The zero-order valence-corrected chi connectivity index (χ0v) is 11.0. The van der Waals surface area contributed by atoms with Gasteiger partial charge in [-0.25, -0.2) is 5.43 Å². The van der Waals surface area contributed by atoms with E-state index in [1.165, 1.54) is 24.3 Å². The van der Waals surface area contributed by atoms with E-state index in [9.17, 15) is 14.9 Å². The maximum atomic E-state index is 11.5. The normalized spacial score (nSPS) is 14.8. The third-order valence-corrected chi connectivity index (χ3v) is 2.94. The van der Waals surface area contributed by atoms with E-state index in [2.05, 4.69) is 10.5 Å². The van der Waals surface area contributed by atoms with Crippen LogP contribution in [0, 0.1) is 16.0 Å². The molecule has 7 heteroatoms. The number of hydrazone groups is 1. The van der Waals surface area contributed by atoms with Crippen LogP contribution in [0.25, 0.3) is 0 Å². The predicted molar refractivity (Wildman–Crippen MR) is 72.6 cm³/mol. The number of benzene rings is 1. The highest BCUT2D eigenvalue weighted by Crippen LogP contribution is 2.30. The van der Waals surface area contributed by atoms with Crippen molar-refractivity contribution in [2.45, 2.75) is 19.8 Å². The summed E-state index contributed by atoms with van der Waals surface area (Å²) in [5, 5.41) is 14.5. The van der Waals surface area contributed by atoms with Crippen LogP contribution in [0.5, 0.6) is 5.75 Å². The molecule has 7 nitrogen and oxygen atoms in total. The number of non-ortho nitro benzene ring substituents is 1. The molecule has 0 saturated heterocycles. The van der Waals surface area contributed by atoms with Crippen LogP contribution in [0.3, 0.4) is 0 Å². The van der Waals surface area contributed by atoms with Gasteiger partial charge in [0.15, 0.2) is 6.61 Å². The van der Waals surface area contributed by atoms with Crippen LogP contribution in [0.4, 0.5) is 5.69 Å². The molecule has 1 aliphatic rings. The van der Waals surface area contributed by atoms with Gasteiger partial charge in [-0.15, -0.1) is 0 Å². The van der Waals surface area contributed by atoms with E-state index in [1.54, 1.807) is 0 Å². The maximum absolute atomic E-state index is 11.5. The van der Waals surface area contributed by atoms with Crippen molar-refractivity contribution in [3.8, 4) is 5.75 Å². The summed E-state index contributed by atoms with van der Waals surface area (Å²) in [6, 6.07) is 5.54. The fourth-order valence-corrected chi connectivity index (χ4v) is 1.59. The van der Waals surface area contributed by atoms with Gasteiger partial charge in [-0.2, -0.15) is 5.10 Å². The molecule has 0 unspecified atom stereocenters. The summed E-state index contributed by atoms with van der Waals surface area (Å²) in [5.41, 5.74) is 3.32. The summed E-state index contributed by atoms with van der Waals surface area (Å²) in [6.45, 7) is 1.70. The second-order valence-corrected chi connectivity index (χ2v) is 4.60. The second kappa shape index (κ2) is 6.14. The molecule has 1 saturated carbocycles. The van der Waals surface area contributed by atoms with Crippen molar-refractivity contribution < 1.29 is 14.5 Å². The zero-order valence-electron chi connectivity index (χ0n) is 11.0. The minimum atomic E-state index is -0.494. The highest BCUT2D eigenvalue weighted by Gasteiger charge is 2.24. The molecule has 1 amide bonds. The Balaban J connectivity index is 1.77. The standard InChI is InChI=1S/C13H15N3O4/c1-9(10-2-3-10)14-15-13(17)8-20-12-6-4-11(5-7-12)16(18)19/h4-7,10H,2-3,8H2,1H3,(H,15,17). The summed E-state index contributed by atoms with van der Waals surface area (Å²) in [6.07, 6.45) is 2.26. The molecule has 1 N–H and O–H groups in total. The average molecular weight is 277 g/mol. The minimum absolute atomic E-state index is 0.0218. The molecule has 0 spiro atoms. The second-order valence-electron chi connectivity index (χ2n) is 4.60. The molecule has 0 heterocycles. The van der Waals surface area contributed by atoms with Crippen molar-refractivity contribution in [1.82, 2.24) is 5.43 Å². The van der Waals surface area contributed by atoms with Gasteiger partial charge in [0, 0.05) is 17.8 Å². The lowest BCUT2D eigenvalue weighted by Gasteiger charge is -2.05. The number of carbonyl (C=O) groups excluding carboxylic acids is 1. The van der Waals surface area contributed by atoms with Gasteiger partial charge in [-0.3, -0.25) is 14.9 Å². The van der Waals surface area contributed by atoms with E-state index in [0.717, 1.165) is 18.6 Å². The summed E-state index contributed by atoms with van der Waals surface area (Å²) >= 11 is 0. The van der Waals surface area contributed by atoms with Crippen molar-refractivity contribution in [3.05, 3.63) is 34.4 Å². The van der Waals surface area contributed by atoms with Gasteiger partial charge in [0.2, 0.25) is 0 Å². The van der Waals surface area contributed by atoms with E-state index in [0.29, 0.717) is 11.7 Å². The predicted octanol–water partition coefficient (Wildman–Crippen LogP) is 1.88. The topological polar surface area (TPSA) is 93.8 Å². The average Bonchev–Trinajstić information content (AvgIpc) is 3.27. The SMILES string of the molecule is CC(=NNC(=O)COc1ccc([N+](=O)[O-])cc1)C1CC1. The molecule has 1 aliphatic carbocycles. The van der Waals surface area contributed by atoms with Gasteiger partial charge in [0.25, 0.3) is 11.6 Å². The Morgan fingerprint density at radius 3 is 2.65 bits per heavy atom. The van der Waals surface area contributed by atoms with Crippen LogP contribution in [0.15, 0.2) is 29.4 Å². The van der Waals surface area contributed by atoms with Crippen molar-refractivity contribution in [2.75, 3.05) is 6.61 Å². The van der Waals surface area contributed by atoms with Crippen LogP contribution in [-0.4, -0.2) is 23.1 Å². The van der Waals surface area contributed by atoms with Gasteiger partial charge in [-0.1, -0.05) is 0 Å². The first-order chi connectivity index (χ1) is 9.56. The lowest BCUT2D eigenvalue weighted by Crippen LogP contribution is -2.25. The number of hydrogen-bond acceptors (Lipinski definition) is 5. The van der Waals surface area contributed by atoms with Crippen LogP contribution in [0.1, 0.15) is 19.8 Å². The van der Waals surface area contributed by atoms with E-state index in [-0.39, 0.29) is 18.2 Å². The van der Waals surface area contributed by atoms with Crippen molar-refractivity contribution >= 4 is 17.3 Å². The Labute approximate surface area is 115 Å². The monoisotopic (exact) mass is 277 g/mol. The van der Waals surface area contributed by atoms with Gasteiger partial charge >= 0.3 is 0 Å². The summed E-state index contributed by atoms with van der Waals surface area (Å²) in [7, 11) is 0. The lowest BCUT2D eigenvalue weighted by molar-refractivity contribution is -0.384. The van der Waals surface area contributed by atoms with Crippen LogP contribution in [-0.2, 0) is 4.79 Å². The van der Waals surface area contributed by atoms with Crippen LogP contribution < -0.4 is 10.2 Å². The first-order valence-corrected chi connectivity index (χ1v) is 6.26. The summed E-state index contributed by atoms with van der Waals surface area (Å²) < 4.78 is 5.21.